The number of nitriles is 1. The van der Waals surface area contributed by atoms with Gasteiger partial charge in [0.2, 0.25) is 5.91 Å². The summed E-state index contributed by atoms with van der Waals surface area (Å²) in [6, 6.07) is 7.88. The second kappa shape index (κ2) is 7.13. The highest BCUT2D eigenvalue weighted by atomic mass is 32.2. The minimum absolute atomic E-state index is 0.0317. The summed E-state index contributed by atoms with van der Waals surface area (Å²) in [5.41, 5.74) is 1.46. The van der Waals surface area contributed by atoms with Crippen molar-refractivity contribution in [2.45, 2.75) is 24.8 Å². The zero-order chi connectivity index (χ0) is 19.8. The summed E-state index contributed by atoms with van der Waals surface area (Å²) in [4.78, 5) is 26.8. The van der Waals surface area contributed by atoms with Gasteiger partial charge in [0.25, 0.3) is 5.91 Å². The number of carbonyl (C=O) groups excluding carboxylic acids is 2. The molecule has 7 nitrogen and oxygen atoms in total. The Morgan fingerprint density at radius 2 is 2.07 bits per heavy atom. The first-order chi connectivity index (χ1) is 12.7. The maximum absolute atomic E-state index is 12.6. The predicted molar refractivity (Wildman–Crippen MR) is 101 cm³/mol. The molecule has 1 aromatic heterocycles. The number of carbonyl (C=O) groups is 2. The quantitative estimate of drug-likeness (QED) is 0.845. The first-order valence-electron chi connectivity index (χ1n) is 8.12. The van der Waals surface area contributed by atoms with Crippen molar-refractivity contribution in [3.8, 4) is 6.07 Å². The number of sulfone groups is 1. The summed E-state index contributed by atoms with van der Waals surface area (Å²) in [5, 5.41) is 12.7. The molecule has 0 radical (unpaired) electrons. The molecule has 0 atom stereocenters. The van der Waals surface area contributed by atoms with Gasteiger partial charge in [0.05, 0.1) is 17.0 Å². The first kappa shape index (κ1) is 19.1. The number of rotatable bonds is 3. The van der Waals surface area contributed by atoms with E-state index < -0.39 is 15.7 Å². The van der Waals surface area contributed by atoms with Gasteiger partial charge >= 0.3 is 0 Å². The molecular weight excluding hydrogens is 386 g/mol. The van der Waals surface area contributed by atoms with Gasteiger partial charge in [-0.3, -0.25) is 9.59 Å². The van der Waals surface area contributed by atoms with E-state index in [2.05, 4.69) is 11.4 Å². The molecule has 0 saturated carbocycles. The Morgan fingerprint density at radius 3 is 2.70 bits per heavy atom. The van der Waals surface area contributed by atoms with Crippen molar-refractivity contribution in [1.82, 2.24) is 4.90 Å². The lowest BCUT2D eigenvalue weighted by Gasteiger charge is -2.25. The lowest BCUT2D eigenvalue weighted by Crippen LogP contribution is -2.33. The van der Waals surface area contributed by atoms with Crippen molar-refractivity contribution in [2.75, 3.05) is 18.1 Å². The van der Waals surface area contributed by atoms with Gasteiger partial charge in [-0.15, -0.1) is 11.3 Å². The third-order valence-corrected chi connectivity index (χ3v) is 6.61. The minimum atomic E-state index is -3.43. The van der Waals surface area contributed by atoms with E-state index in [0.717, 1.165) is 16.7 Å². The molecule has 1 aliphatic rings. The molecule has 2 aromatic rings. The van der Waals surface area contributed by atoms with E-state index in [1.165, 1.54) is 42.5 Å². The van der Waals surface area contributed by atoms with Crippen LogP contribution in [0.5, 0.6) is 0 Å². The van der Waals surface area contributed by atoms with Crippen LogP contribution in [0.2, 0.25) is 0 Å². The van der Waals surface area contributed by atoms with Gasteiger partial charge in [0.15, 0.2) is 9.84 Å². The van der Waals surface area contributed by atoms with E-state index in [9.17, 15) is 23.3 Å². The van der Waals surface area contributed by atoms with Gasteiger partial charge in [-0.2, -0.15) is 5.26 Å². The van der Waals surface area contributed by atoms with E-state index in [1.54, 1.807) is 4.90 Å². The number of nitrogens with one attached hydrogen (secondary N) is 1. The third kappa shape index (κ3) is 3.86. The molecule has 0 bridgehead atoms. The first-order valence-corrected chi connectivity index (χ1v) is 10.8. The van der Waals surface area contributed by atoms with Crippen LogP contribution in [0.4, 0.5) is 5.00 Å². The maximum Gasteiger partial charge on any atom is 0.256 e. The average Bonchev–Trinajstić information content (AvgIpc) is 2.97. The van der Waals surface area contributed by atoms with Crippen LogP contribution >= 0.6 is 11.3 Å². The number of benzene rings is 1. The molecule has 2 amide bonds. The number of nitrogens with zero attached hydrogens (tertiary/aromatic N) is 2. The van der Waals surface area contributed by atoms with E-state index in [0.29, 0.717) is 30.1 Å². The molecular formula is C18H17N3O4S2. The van der Waals surface area contributed by atoms with Crippen molar-refractivity contribution in [1.29, 1.82) is 5.26 Å². The summed E-state index contributed by atoms with van der Waals surface area (Å²) >= 11 is 1.27. The standard InChI is InChI=1S/C18H17N3O4S2/c1-11(22)21-7-6-14-15(9-19)18(26-16(14)10-21)20-17(23)12-4-3-5-13(8-12)27(2,24)25/h3-5,8H,6-7,10H2,1-2H3,(H,20,23). The normalized spacial score (nSPS) is 13.6. The van der Waals surface area contributed by atoms with Crippen molar-refractivity contribution >= 4 is 38.0 Å². The minimum Gasteiger partial charge on any atom is -0.337 e. The largest absolute Gasteiger partial charge is 0.337 e. The summed E-state index contributed by atoms with van der Waals surface area (Å²) in [5.74, 6) is -0.519. The van der Waals surface area contributed by atoms with Crippen LogP contribution in [-0.4, -0.2) is 37.9 Å². The van der Waals surface area contributed by atoms with Crippen LogP contribution in [0.15, 0.2) is 29.2 Å². The molecule has 0 saturated heterocycles. The fourth-order valence-electron chi connectivity index (χ4n) is 2.92. The number of amides is 2. The highest BCUT2D eigenvalue weighted by Crippen LogP contribution is 2.36. The topological polar surface area (TPSA) is 107 Å². The molecule has 2 heterocycles. The number of hydrogen-bond acceptors (Lipinski definition) is 6. The fraction of sp³-hybridized carbons (Fsp3) is 0.278. The molecule has 27 heavy (non-hydrogen) atoms. The lowest BCUT2D eigenvalue weighted by atomic mass is 10.0. The van der Waals surface area contributed by atoms with Crippen LogP contribution < -0.4 is 5.32 Å². The number of fused-ring (bicyclic) bond motifs is 1. The summed E-state index contributed by atoms with van der Waals surface area (Å²) in [6.07, 6.45) is 1.64. The monoisotopic (exact) mass is 403 g/mol. The van der Waals surface area contributed by atoms with E-state index in [1.807, 2.05) is 0 Å². The SMILES string of the molecule is CC(=O)N1CCc2c(sc(NC(=O)c3cccc(S(C)(=O)=O)c3)c2C#N)C1. The molecule has 9 heteroatoms. The van der Waals surface area contributed by atoms with Crippen LogP contribution in [-0.2, 0) is 27.6 Å². The smallest absolute Gasteiger partial charge is 0.256 e. The van der Waals surface area contributed by atoms with Crippen molar-refractivity contribution < 1.29 is 18.0 Å². The average molecular weight is 403 g/mol. The fourth-order valence-corrected chi connectivity index (χ4v) is 4.80. The Bertz CT molecular complexity index is 1080. The Kier molecular flexibility index (Phi) is 5.04. The van der Waals surface area contributed by atoms with Gasteiger partial charge in [-0.05, 0) is 30.2 Å². The number of anilines is 1. The van der Waals surface area contributed by atoms with Crippen LogP contribution in [0.3, 0.4) is 0 Å². The molecule has 3 rings (SSSR count). The van der Waals surface area contributed by atoms with Crippen LogP contribution in [0.1, 0.15) is 33.3 Å². The molecule has 1 aromatic carbocycles. The highest BCUT2D eigenvalue weighted by molar-refractivity contribution is 7.90. The van der Waals surface area contributed by atoms with Crippen molar-refractivity contribution in [3.63, 3.8) is 0 Å². The van der Waals surface area contributed by atoms with Crippen LogP contribution in [0.25, 0.3) is 0 Å². The number of hydrogen-bond donors (Lipinski definition) is 1. The molecule has 0 spiro atoms. The van der Waals surface area contributed by atoms with Crippen molar-refractivity contribution in [3.05, 3.63) is 45.8 Å². The Hall–Kier alpha value is -2.70. The predicted octanol–water partition coefficient (Wildman–Crippen LogP) is 2.18. The summed E-state index contributed by atoms with van der Waals surface area (Å²) < 4.78 is 23.4. The highest BCUT2D eigenvalue weighted by Gasteiger charge is 2.26. The zero-order valence-corrected chi connectivity index (χ0v) is 16.4. The van der Waals surface area contributed by atoms with Gasteiger partial charge in [-0.1, -0.05) is 6.07 Å². The van der Waals surface area contributed by atoms with E-state index in [-0.39, 0.29) is 16.4 Å². The van der Waals surface area contributed by atoms with Gasteiger partial charge in [-0.25, -0.2) is 8.42 Å². The van der Waals surface area contributed by atoms with Gasteiger partial charge in [0.1, 0.15) is 11.1 Å². The lowest BCUT2D eigenvalue weighted by molar-refractivity contribution is -0.129. The molecule has 1 aliphatic heterocycles. The Labute approximate surface area is 161 Å². The van der Waals surface area contributed by atoms with Gasteiger partial charge in [0, 0.05) is 30.2 Å². The Morgan fingerprint density at radius 1 is 1.33 bits per heavy atom. The summed E-state index contributed by atoms with van der Waals surface area (Å²) in [6.45, 7) is 2.46. The summed E-state index contributed by atoms with van der Waals surface area (Å²) in [7, 11) is -3.43. The van der Waals surface area contributed by atoms with Gasteiger partial charge < -0.3 is 10.2 Å². The molecule has 0 unspecified atom stereocenters. The van der Waals surface area contributed by atoms with Crippen LogP contribution in [0, 0.1) is 11.3 Å². The second-order valence-corrected chi connectivity index (χ2v) is 9.39. The third-order valence-electron chi connectivity index (χ3n) is 4.37. The zero-order valence-electron chi connectivity index (χ0n) is 14.8. The second-order valence-electron chi connectivity index (χ2n) is 6.26. The Balaban J connectivity index is 1.90. The molecule has 0 fully saturated rings. The molecule has 0 aliphatic carbocycles. The van der Waals surface area contributed by atoms with Crippen molar-refractivity contribution in [2.24, 2.45) is 0 Å². The molecule has 140 valence electrons. The molecule has 1 N–H and O–H groups in total. The number of thiophene rings is 1. The maximum atomic E-state index is 12.6. The van der Waals surface area contributed by atoms with E-state index in [4.69, 9.17) is 0 Å². The van der Waals surface area contributed by atoms with E-state index >= 15 is 0 Å².